The molecule has 1 unspecified atom stereocenters. The van der Waals surface area contributed by atoms with Gasteiger partial charge in [0.05, 0.1) is 4.92 Å². The van der Waals surface area contributed by atoms with Crippen LogP contribution >= 0.6 is 22.6 Å². The third kappa shape index (κ3) is 2.00. The molecule has 5 heteroatoms. The number of halogens is 1. The van der Waals surface area contributed by atoms with E-state index in [4.69, 9.17) is 5.73 Å². The van der Waals surface area contributed by atoms with E-state index in [1.807, 2.05) is 22.6 Å². The molecule has 4 nitrogen and oxygen atoms in total. The van der Waals surface area contributed by atoms with Crippen LogP contribution in [0, 0.1) is 10.1 Å². The highest BCUT2D eigenvalue weighted by Gasteiger charge is 2.17. The van der Waals surface area contributed by atoms with Crippen molar-refractivity contribution in [2.75, 3.05) is 0 Å². The van der Waals surface area contributed by atoms with Gasteiger partial charge in [0, 0.05) is 15.7 Å². The number of allylic oxidation sites excluding steroid dienone is 1. The van der Waals surface area contributed by atoms with Crippen LogP contribution in [0.25, 0.3) is 0 Å². The number of nitrogens with two attached hydrogens (primary N) is 1. The Morgan fingerprint density at radius 1 is 1.82 bits per heavy atom. The van der Waals surface area contributed by atoms with Gasteiger partial charge in [-0.05, 0) is 35.1 Å². The summed E-state index contributed by atoms with van der Waals surface area (Å²) in [5.74, 6) is 0. The van der Waals surface area contributed by atoms with Crippen LogP contribution in [0.2, 0.25) is 0 Å². The normalized spacial score (nSPS) is 24.0. The first-order valence-electron chi connectivity index (χ1n) is 3.08. The second-order valence-electron chi connectivity index (χ2n) is 2.26. The largest absolute Gasteiger partial charge is 0.323 e. The van der Waals surface area contributed by atoms with E-state index in [0.717, 1.165) is 3.58 Å². The zero-order valence-corrected chi connectivity index (χ0v) is 7.82. The van der Waals surface area contributed by atoms with Crippen LogP contribution in [0.3, 0.4) is 0 Å². The molecule has 1 atom stereocenters. The minimum atomic E-state index is -0.398. The lowest BCUT2D eigenvalue weighted by molar-refractivity contribution is -0.419. The summed E-state index contributed by atoms with van der Waals surface area (Å²) in [7, 11) is 0. The van der Waals surface area contributed by atoms with E-state index in [9.17, 15) is 10.1 Å². The molecule has 0 saturated carbocycles. The van der Waals surface area contributed by atoms with Gasteiger partial charge in [0.25, 0.3) is 5.70 Å². The van der Waals surface area contributed by atoms with Gasteiger partial charge in [0.15, 0.2) is 0 Å². The third-order valence-corrected chi connectivity index (χ3v) is 2.54. The fraction of sp³-hybridized carbons (Fsp3) is 0.333. The standard InChI is InChI=1S/C6H7IN2O2/c7-5-3-4(9(10)11)1-2-6(5)8/h1,3,6H,2,8H2. The average molecular weight is 266 g/mol. The van der Waals surface area contributed by atoms with Gasteiger partial charge in [-0.1, -0.05) is 0 Å². The maximum absolute atomic E-state index is 10.3. The summed E-state index contributed by atoms with van der Waals surface area (Å²) in [4.78, 5) is 9.86. The van der Waals surface area contributed by atoms with Gasteiger partial charge >= 0.3 is 0 Å². The van der Waals surface area contributed by atoms with Gasteiger partial charge in [-0.2, -0.15) is 0 Å². The second kappa shape index (κ2) is 3.31. The Hall–Kier alpha value is -0.430. The Labute approximate surface area is 77.4 Å². The van der Waals surface area contributed by atoms with E-state index in [0.29, 0.717) is 6.42 Å². The van der Waals surface area contributed by atoms with Crippen LogP contribution in [0.15, 0.2) is 21.4 Å². The van der Waals surface area contributed by atoms with Crippen molar-refractivity contribution in [3.05, 3.63) is 31.5 Å². The minimum absolute atomic E-state index is 0.0562. The number of nitro groups is 1. The van der Waals surface area contributed by atoms with Crippen LogP contribution in [-0.2, 0) is 0 Å². The molecule has 0 saturated heterocycles. The lowest BCUT2D eigenvalue weighted by atomic mass is 10.1. The summed E-state index contributed by atoms with van der Waals surface area (Å²) in [6, 6.07) is -0.0562. The van der Waals surface area contributed by atoms with Crippen molar-refractivity contribution >= 4 is 22.6 Å². The van der Waals surface area contributed by atoms with Crippen molar-refractivity contribution in [2.45, 2.75) is 12.5 Å². The Bertz CT molecular complexity index is 247. The van der Waals surface area contributed by atoms with Crippen LogP contribution in [0.5, 0.6) is 0 Å². The van der Waals surface area contributed by atoms with Crippen molar-refractivity contribution < 1.29 is 4.92 Å². The number of nitrogens with zero attached hydrogens (tertiary/aromatic N) is 1. The number of hydrogen-bond acceptors (Lipinski definition) is 3. The van der Waals surface area contributed by atoms with Crippen molar-refractivity contribution in [3.63, 3.8) is 0 Å². The van der Waals surface area contributed by atoms with E-state index in [1.54, 1.807) is 6.08 Å². The molecule has 0 heterocycles. The van der Waals surface area contributed by atoms with Gasteiger partial charge in [0.2, 0.25) is 0 Å². The molecule has 0 bridgehead atoms. The maximum atomic E-state index is 10.3. The van der Waals surface area contributed by atoms with Crippen LogP contribution in [0.4, 0.5) is 0 Å². The first kappa shape index (κ1) is 8.66. The van der Waals surface area contributed by atoms with Crippen LogP contribution in [-0.4, -0.2) is 11.0 Å². The minimum Gasteiger partial charge on any atom is -0.323 e. The molecule has 0 fully saturated rings. The SMILES string of the molecule is NC1CC=C([N+](=O)[O-])C=C1I. The monoisotopic (exact) mass is 266 g/mol. The Morgan fingerprint density at radius 2 is 2.45 bits per heavy atom. The molecule has 0 aromatic heterocycles. The van der Waals surface area contributed by atoms with Gasteiger partial charge in [-0.25, -0.2) is 0 Å². The van der Waals surface area contributed by atoms with Crippen LogP contribution in [0.1, 0.15) is 6.42 Å². The predicted molar refractivity (Wildman–Crippen MR) is 49.8 cm³/mol. The molecule has 0 aliphatic heterocycles. The summed E-state index contributed by atoms with van der Waals surface area (Å²) in [6.07, 6.45) is 3.62. The van der Waals surface area contributed by atoms with Crippen molar-refractivity contribution in [1.29, 1.82) is 0 Å². The highest BCUT2D eigenvalue weighted by Crippen LogP contribution is 2.21. The molecule has 0 aromatic rings. The first-order chi connectivity index (χ1) is 5.11. The molecular formula is C6H7IN2O2. The molecule has 1 aliphatic rings. The molecule has 1 rings (SSSR count). The number of hydrogen-bond donors (Lipinski definition) is 1. The molecule has 60 valence electrons. The predicted octanol–water partition coefficient (Wildman–Crippen LogP) is 1.20. The molecular weight excluding hydrogens is 259 g/mol. The fourth-order valence-electron chi connectivity index (χ4n) is 0.795. The zero-order chi connectivity index (χ0) is 8.43. The molecule has 0 radical (unpaired) electrons. The Kier molecular flexibility index (Phi) is 2.61. The lowest BCUT2D eigenvalue weighted by Gasteiger charge is -2.10. The number of rotatable bonds is 1. The van der Waals surface area contributed by atoms with E-state index >= 15 is 0 Å². The smallest absolute Gasteiger partial charge is 0.266 e. The average Bonchev–Trinajstić information content (AvgIpc) is 1.94. The van der Waals surface area contributed by atoms with Gasteiger partial charge in [-0.3, -0.25) is 10.1 Å². The molecule has 11 heavy (non-hydrogen) atoms. The molecule has 1 aliphatic carbocycles. The molecule has 0 amide bonds. The summed E-state index contributed by atoms with van der Waals surface area (Å²) in [5, 5.41) is 10.3. The highest BCUT2D eigenvalue weighted by molar-refractivity contribution is 14.1. The summed E-state index contributed by atoms with van der Waals surface area (Å²) < 4.78 is 0.844. The fourth-order valence-corrected chi connectivity index (χ4v) is 1.37. The quantitative estimate of drug-likeness (QED) is 0.440. The van der Waals surface area contributed by atoms with Crippen molar-refractivity contribution in [1.82, 2.24) is 0 Å². The lowest BCUT2D eigenvalue weighted by Crippen LogP contribution is -2.22. The van der Waals surface area contributed by atoms with Crippen LogP contribution < -0.4 is 5.73 Å². The van der Waals surface area contributed by atoms with Gasteiger partial charge in [0.1, 0.15) is 0 Å². The van der Waals surface area contributed by atoms with E-state index in [2.05, 4.69) is 0 Å². The Balaban J connectivity index is 2.83. The van der Waals surface area contributed by atoms with Gasteiger partial charge in [-0.15, -0.1) is 0 Å². The van der Waals surface area contributed by atoms with Gasteiger partial charge < -0.3 is 5.73 Å². The second-order valence-corrected chi connectivity index (χ2v) is 3.50. The summed E-state index contributed by atoms with van der Waals surface area (Å²) in [6.45, 7) is 0. The molecule has 2 N–H and O–H groups in total. The van der Waals surface area contributed by atoms with E-state index in [-0.39, 0.29) is 11.7 Å². The topological polar surface area (TPSA) is 69.2 Å². The summed E-state index contributed by atoms with van der Waals surface area (Å²) in [5.41, 5.74) is 5.75. The highest BCUT2D eigenvalue weighted by atomic mass is 127. The Morgan fingerprint density at radius 3 is 2.91 bits per heavy atom. The van der Waals surface area contributed by atoms with E-state index < -0.39 is 4.92 Å². The summed E-state index contributed by atoms with van der Waals surface area (Å²) >= 11 is 2.02. The third-order valence-electron chi connectivity index (χ3n) is 1.43. The van der Waals surface area contributed by atoms with Crippen molar-refractivity contribution in [2.24, 2.45) is 5.73 Å². The zero-order valence-electron chi connectivity index (χ0n) is 5.66. The molecule has 0 aromatic carbocycles. The van der Waals surface area contributed by atoms with Crippen molar-refractivity contribution in [3.8, 4) is 0 Å². The molecule has 0 spiro atoms. The maximum Gasteiger partial charge on any atom is 0.266 e. The first-order valence-corrected chi connectivity index (χ1v) is 4.16. The van der Waals surface area contributed by atoms with E-state index in [1.165, 1.54) is 6.08 Å².